The summed E-state index contributed by atoms with van der Waals surface area (Å²) in [6.07, 6.45) is -0.395. The second-order valence-electron chi connectivity index (χ2n) is 4.92. The van der Waals surface area contributed by atoms with E-state index in [1.54, 1.807) is 0 Å². The van der Waals surface area contributed by atoms with Crippen LogP contribution >= 0.6 is 31.9 Å². The number of fused-ring (bicyclic) bond motifs is 1. The minimum absolute atomic E-state index is 0.0260. The van der Waals surface area contributed by atoms with Gasteiger partial charge in [-0.3, -0.25) is 4.79 Å². The van der Waals surface area contributed by atoms with Crippen LogP contribution in [0.3, 0.4) is 0 Å². The number of benzene rings is 1. The summed E-state index contributed by atoms with van der Waals surface area (Å²) in [5.41, 5.74) is 0.854. The molecule has 1 heterocycles. The summed E-state index contributed by atoms with van der Waals surface area (Å²) in [4.78, 5) is 11.8. The zero-order chi connectivity index (χ0) is 14.9. The molecular weight excluding hydrogens is 392 g/mol. The van der Waals surface area contributed by atoms with Gasteiger partial charge in [0.05, 0.1) is 10.7 Å². The third-order valence-corrected chi connectivity index (χ3v) is 4.10. The minimum atomic E-state index is -0.395. The molecular formula is C14H16Br2O4. The normalized spacial score (nSPS) is 16.1. The van der Waals surface area contributed by atoms with E-state index >= 15 is 0 Å². The average Bonchev–Trinajstić information content (AvgIpc) is 2.81. The summed E-state index contributed by atoms with van der Waals surface area (Å²) >= 11 is 7.00. The fourth-order valence-electron chi connectivity index (χ4n) is 1.82. The first-order chi connectivity index (χ1) is 9.40. The molecule has 4 nitrogen and oxygen atoms in total. The summed E-state index contributed by atoms with van der Waals surface area (Å²) < 4.78 is 17.1. The first-order valence-electron chi connectivity index (χ1n) is 6.33. The van der Waals surface area contributed by atoms with Gasteiger partial charge in [0.25, 0.3) is 0 Å². The summed E-state index contributed by atoms with van der Waals surface area (Å²) in [5, 5.41) is 0. The van der Waals surface area contributed by atoms with Crippen LogP contribution in [0.25, 0.3) is 0 Å². The first kappa shape index (κ1) is 15.6. The maximum atomic E-state index is 11.9. The van der Waals surface area contributed by atoms with Crippen LogP contribution in [0.5, 0.6) is 11.5 Å². The van der Waals surface area contributed by atoms with E-state index in [4.69, 9.17) is 14.2 Å². The number of ether oxygens (including phenoxy) is 3. The molecule has 0 radical (unpaired) electrons. The maximum Gasteiger partial charge on any atom is 0.309 e. The highest BCUT2D eigenvalue weighted by Crippen LogP contribution is 2.41. The van der Waals surface area contributed by atoms with Crippen molar-refractivity contribution in [3.63, 3.8) is 0 Å². The Morgan fingerprint density at radius 2 is 1.85 bits per heavy atom. The Hall–Kier alpha value is -0.750. The highest BCUT2D eigenvalue weighted by atomic mass is 79.9. The fourth-order valence-corrected chi connectivity index (χ4v) is 2.76. The zero-order valence-electron chi connectivity index (χ0n) is 11.5. The number of carbonyl (C=O) groups is 1. The maximum absolute atomic E-state index is 11.9. The van der Waals surface area contributed by atoms with E-state index in [2.05, 4.69) is 31.9 Å². The van der Waals surface area contributed by atoms with E-state index in [1.165, 1.54) is 0 Å². The molecule has 0 amide bonds. The van der Waals surface area contributed by atoms with Crippen LogP contribution < -0.4 is 9.47 Å². The quantitative estimate of drug-likeness (QED) is 0.554. The molecule has 1 aromatic carbocycles. The lowest BCUT2D eigenvalue weighted by Crippen LogP contribution is -2.21. The van der Waals surface area contributed by atoms with E-state index in [-0.39, 0.29) is 23.5 Å². The molecule has 1 aliphatic rings. The van der Waals surface area contributed by atoms with Crippen LogP contribution in [0.4, 0.5) is 0 Å². The summed E-state index contributed by atoms with van der Waals surface area (Å²) in [6.45, 7) is 5.78. The molecule has 0 bridgehead atoms. The van der Waals surface area contributed by atoms with Crippen molar-refractivity contribution in [1.29, 1.82) is 0 Å². The van der Waals surface area contributed by atoms with E-state index in [0.717, 1.165) is 10.0 Å². The molecule has 1 aliphatic heterocycles. The van der Waals surface area contributed by atoms with Crippen LogP contribution in [0.1, 0.15) is 32.4 Å². The van der Waals surface area contributed by atoms with Crippen LogP contribution in [-0.4, -0.2) is 17.6 Å². The van der Waals surface area contributed by atoms with Gasteiger partial charge >= 0.3 is 5.97 Å². The fraction of sp³-hybridized carbons (Fsp3) is 0.500. The van der Waals surface area contributed by atoms with Crippen LogP contribution in [0.15, 0.2) is 16.6 Å². The molecule has 0 fully saturated rings. The van der Waals surface area contributed by atoms with E-state index in [0.29, 0.717) is 11.5 Å². The van der Waals surface area contributed by atoms with Crippen molar-refractivity contribution in [2.45, 2.75) is 31.7 Å². The Morgan fingerprint density at radius 3 is 2.40 bits per heavy atom. The van der Waals surface area contributed by atoms with E-state index < -0.39 is 6.10 Å². The van der Waals surface area contributed by atoms with Gasteiger partial charge in [0.2, 0.25) is 6.79 Å². The number of alkyl halides is 1. The summed E-state index contributed by atoms with van der Waals surface area (Å²) in [5.74, 6) is 0.959. The van der Waals surface area contributed by atoms with Crippen molar-refractivity contribution in [1.82, 2.24) is 0 Å². The molecule has 0 unspecified atom stereocenters. The Bertz CT molecular complexity index is 514. The Morgan fingerprint density at radius 1 is 1.25 bits per heavy atom. The molecule has 2 rings (SSSR count). The predicted octanol–water partition coefficient (Wildman–Crippen LogP) is 4.20. The van der Waals surface area contributed by atoms with Gasteiger partial charge in [0.15, 0.2) is 11.5 Å². The molecule has 1 aromatic rings. The smallest absolute Gasteiger partial charge is 0.309 e. The van der Waals surface area contributed by atoms with Crippen molar-refractivity contribution >= 4 is 37.8 Å². The number of halogens is 2. The van der Waals surface area contributed by atoms with Crippen molar-refractivity contribution in [2.75, 3.05) is 6.79 Å². The second-order valence-corrected chi connectivity index (χ2v) is 7.22. The molecule has 0 aromatic heterocycles. The van der Waals surface area contributed by atoms with Crippen molar-refractivity contribution in [3.05, 3.63) is 22.2 Å². The lowest BCUT2D eigenvalue weighted by molar-refractivity contribution is -0.153. The molecule has 110 valence electrons. The number of carbonyl (C=O) groups excluding carboxylic acids is 1. The zero-order valence-corrected chi connectivity index (χ0v) is 14.7. The number of esters is 1. The molecule has 0 N–H and O–H groups in total. The minimum Gasteiger partial charge on any atom is -0.456 e. The first-order valence-corrected chi connectivity index (χ1v) is 8.04. The van der Waals surface area contributed by atoms with Gasteiger partial charge in [-0.15, -0.1) is 0 Å². The molecule has 2 atom stereocenters. The van der Waals surface area contributed by atoms with Gasteiger partial charge < -0.3 is 14.2 Å². The predicted molar refractivity (Wildman–Crippen MR) is 82.3 cm³/mol. The van der Waals surface area contributed by atoms with Gasteiger partial charge in [-0.1, -0.05) is 45.7 Å². The Labute approximate surface area is 135 Å². The highest BCUT2D eigenvalue weighted by Gasteiger charge is 2.28. The van der Waals surface area contributed by atoms with E-state index in [9.17, 15) is 4.79 Å². The molecule has 20 heavy (non-hydrogen) atoms. The van der Waals surface area contributed by atoms with Crippen molar-refractivity contribution in [3.8, 4) is 11.5 Å². The lowest BCUT2D eigenvalue weighted by Gasteiger charge is -2.23. The standard InChI is InChI=1S/C14H16Br2O4/c1-7(2)14(17)20-13(8(3)15)9-4-11-12(5-10(9)16)19-6-18-11/h4-5,7-8,13H,6H2,1-3H3/t8-,13-/m0/s1. The lowest BCUT2D eigenvalue weighted by atomic mass is 10.1. The SMILES string of the molecule is CC(C)C(=O)O[C@H](c1cc2c(cc1Br)OCO2)[C@H](C)Br. The number of hydrogen-bond donors (Lipinski definition) is 0. The van der Waals surface area contributed by atoms with Gasteiger partial charge in [-0.25, -0.2) is 0 Å². The number of hydrogen-bond acceptors (Lipinski definition) is 4. The van der Waals surface area contributed by atoms with Crippen LogP contribution in [-0.2, 0) is 9.53 Å². The van der Waals surface area contributed by atoms with Crippen LogP contribution in [0, 0.1) is 5.92 Å². The van der Waals surface area contributed by atoms with Crippen molar-refractivity contribution < 1.29 is 19.0 Å². The highest BCUT2D eigenvalue weighted by molar-refractivity contribution is 9.10. The molecule has 0 spiro atoms. The van der Waals surface area contributed by atoms with Gasteiger partial charge in [-0.05, 0) is 19.1 Å². The molecule has 0 saturated heterocycles. The Balaban J connectivity index is 2.32. The molecule has 6 heteroatoms. The third kappa shape index (κ3) is 3.28. The molecule has 0 saturated carbocycles. The average molecular weight is 408 g/mol. The second kappa shape index (κ2) is 6.35. The Kier molecular flexibility index (Phi) is 4.96. The monoisotopic (exact) mass is 406 g/mol. The van der Waals surface area contributed by atoms with Crippen LogP contribution in [0.2, 0.25) is 0 Å². The third-order valence-electron chi connectivity index (χ3n) is 2.93. The van der Waals surface area contributed by atoms with Gasteiger partial charge in [0.1, 0.15) is 6.10 Å². The van der Waals surface area contributed by atoms with E-state index in [1.807, 2.05) is 32.9 Å². The molecule has 0 aliphatic carbocycles. The largest absolute Gasteiger partial charge is 0.456 e. The topological polar surface area (TPSA) is 44.8 Å². The van der Waals surface area contributed by atoms with Gasteiger partial charge in [-0.2, -0.15) is 0 Å². The van der Waals surface area contributed by atoms with Crippen molar-refractivity contribution in [2.24, 2.45) is 5.92 Å². The summed E-state index contributed by atoms with van der Waals surface area (Å²) in [7, 11) is 0. The van der Waals surface area contributed by atoms with Gasteiger partial charge in [0, 0.05) is 10.0 Å². The number of rotatable bonds is 4. The summed E-state index contributed by atoms with van der Waals surface area (Å²) in [6, 6.07) is 3.69.